The van der Waals surface area contributed by atoms with Gasteiger partial charge in [-0.05, 0) is 62.4 Å². The molecule has 6 nitrogen and oxygen atoms in total. The van der Waals surface area contributed by atoms with E-state index in [-0.39, 0.29) is 5.78 Å². The molecule has 132 valence electrons. The predicted octanol–water partition coefficient (Wildman–Crippen LogP) is 4.48. The zero-order valence-electron chi connectivity index (χ0n) is 14.9. The highest BCUT2D eigenvalue weighted by Crippen LogP contribution is 2.21. The van der Waals surface area contributed by atoms with Gasteiger partial charge in [0.25, 0.3) is 0 Å². The number of methoxy groups -OCH3 is 1. The predicted molar refractivity (Wildman–Crippen MR) is 103 cm³/mol. The quantitative estimate of drug-likeness (QED) is 0.640. The Bertz CT molecular complexity index is 906. The molecule has 1 heterocycles. The molecule has 0 aliphatic rings. The fourth-order valence-corrected chi connectivity index (χ4v) is 2.43. The fourth-order valence-electron chi connectivity index (χ4n) is 2.43. The van der Waals surface area contributed by atoms with Crippen molar-refractivity contribution in [1.82, 2.24) is 9.97 Å². The van der Waals surface area contributed by atoms with E-state index in [4.69, 9.17) is 4.74 Å². The minimum atomic E-state index is 0.0420. The molecule has 6 heteroatoms. The summed E-state index contributed by atoms with van der Waals surface area (Å²) in [4.78, 5) is 20.3. The minimum absolute atomic E-state index is 0.0420. The van der Waals surface area contributed by atoms with Crippen LogP contribution in [0, 0.1) is 6.92 Å². The Balaban J connectivity index is 1.77. The van der Waals surface area contributed by atoms with Crippen molar-refractivity contribution in [2.24, 2.45) is 0 Å². The van der Waals surface area contributed by atoms with Crippen molar-refractivity contribution in [3.05, 3.63) is 65.9 Å². The third-order valence-electron chi connectivity index (χ3n) is 3.76. The lowest BCUT2D eigenvalue weighted by Gasteiger charge is -2.10. The van der Waals surface area contributed by atoms with Crippen LogP contribution in [0.3, 0.4) is 0 Å². The number of carbonyl (C=O) groups is 1. The summed E-state index contributed by atoms with van der Waals surface area (Å²) in [5.41, 5.74) is 3.23. The summed E-state index contributed by atoms with van der Waals surface area (Å²) in [6, 6.07) is 16.7. The van der Waals surface area contributed by atoms with Gasteiger partial charge in [0.1, 0.15) is 11.6 Å². The second-order valence-corrected chi connectivity index (χ2v) is 5.83. The number of Topliss-reactive ketones (excluding diaryl/α,β-unsaturated/α-hetero) is 1. The number of hydrogen-bond donors (Lipinski definition) is 2. The topological polar surface area (TPSA) is 76.1 Å². The van der Waals surface area contributed by atoms with Gasteiger partial charge in [-0.3, -0.25) is 4.79 Å². The molecule has 0 radical (unpaired) electrons. The van der Waals surface area contributed by atoms with Crippen LogP contribution in [0.1, 0.15) is 23.0 Å². The van der Waals surface area contributed by atoms with Crippen LogP contribution in [0.15, 0.2) is 54.6 Å². The highest BCUT2D eigenvalue weighted by Gasteiger charge is 2.05. The smallest absolute Gasteiger partial charge is 0.229 e. The van der Waals surface area contributed by atoms with Gasteiger partial charge < -0.3 is 15.4 Å². The standard InChI is InChI=1S/C20H20N4O2/c1-13-12-19(22-16-6-4-15(5-7-16)14(2)25)24-20(21-13)23-17-8-10-18(26-3)11-9-17/h4-12H,1-3H3,(H2,21,22,23,24). The van der Waals surface area contributed by atoms with Crippen LogP contribution in [0.25, 0.3) is 0 Å². The lowest BCUT2D eigenvalue weighted by molar-refractivity contribution is 0.101. The van der Waals surface area contributed by atoms with Gasteiger partial charge in [-0.25, -0.2) is 4.98 Å². The lowest BCUT2D eigenvalue weighted by atomic mass is 10.1. The minimum Gasteiger partial charge on any atom is -0.497 e. The van der Waals surface area contributed by atoms with Crippen LogP contribution in [-0.4, -0.2) is 22.9 Å². The van der Waals surface area contributed by atoms with Gasteiger partial charge in [0.2, 0.25) is 5.95 Å². The number of ether oxygens (including phenoxy) is 1. The first-order chi connectivity index (χ1) is 12.5. The van der Waals surface area contributed by atoms with Gasteiger partial charge in [0.05, 0.1) is 7.11 Å². The van der Waals surface area contributed by atoms with Gasteiger partial charge in [0, 0.05) is 28.7 Å². The SMILES string of the molecule is COc1ccc(Nc2nc(C)cc(Nc3ccc(C(C)=O)cc3)n2)cc1. The number of rotatable bonds is 6. The molecule has 0 atom stereocenters. The Morgan fingerprint density at radius 1 is 0.923 bits per heavy atom. The van der Waals surface area contributed by atoms with Crippen LogP contribution >= 0.6 is 0 Å². The number of benzene rings is 2. The molecule has 0 aliphatic heterocycles. The van der Waals surface area contributed by atoms with Crippen molar-refractivity contribution in [2.75, 3.05) is 17.7 Å². The van der Waals surface area contributed by atoms with Crippen molar-refractivity contribution in [1.29, 1.82) is 0 Å². The molecule has 0 fully saturated rings. The zero-order chi connectivity index (χ0) is 18.5. The highest BCUT2D eigenvalue weighted by atomic mass is 16.5. The van der Waals surface area contributed by atoms with Crippen LogP contribution in [-0.2, 0) is 0 Å². The van der Waals surface area contributed by atoms with Crippen LogP contribution in [0.2, 0.25) is 0 Å². The molecule has 0 saturated carbocycles. The third kappa shape index (κ3) is 4.36. The molecule has 0 saturated heterocycles. The van der Waals surface area contributed by atoms with E-state index in [1.54, 1.807) is 26.2 Å². The maximum absolute atomic E-state index is 11.4. The molecule has 0 amide bonds. The van der Waals surface area contributed by atoms with Gasteiger partial charge in [-0.1, -0.05) is 0 Å². The first-order valence-electron chi connectivity index (χ1n) is 8.18. The molecule has 3 rings (SSSR count). The van der Waals surface area contributed by atoms with Crippen molar-refractivity contribution in [3.8, 4) is 5.75 Å². The van der Waals surface area contributed by atoms with Crippen molar-refractivity contribution < 1.29 is 9.53 Å². The van der Waals surface area contributed by atoms with Gasteiger partial charge in [0.15, 0.2) is 5.78 Å². The van der Waals surface area contributed by atoms with E-state index in [1.165, 1.54) is 0 Å². The fraction of sp³-hybridized carbons (Fsp3) is 0.150. The largest absolute Gasteiger partial charge is 0.497 e. The third-order valence-corrected chi connectivity index (χ3v) is 3.76. The normalized spacial score (nSPS) is 10.3. The molecule has 3 aromatic rings. The number of nitrogens with one attached hydrogen (secondary N) is 2. The zero-order valence-corrected chi connectivity index (χ0v) is 14.9. The second-order valence-electron chi connectivity index (χ2n) is 5.83. The molecule has 0 aliphatic carbocycles. The van der Waals surface area contributed by atoms with Gasteiger partial charge >= 0.3 is 0 Å². The number of ketones is 1. The molecular formula is C20H20N4O2. The average molecular weight is 348 g/mol. The van der Waals surface area contributed by atoms with Gasteiger partial charge in [-0.2, -0.15) is 4.98 Å². The van der Waals surface area contributed by atoms with E-state index in [2.05, 4.69) is 20.6 Å². The molecule has 0 spiro atoms. The Hall–Kier alpha value is -3.41. The van der Waals surface area contributed by atoms with E-state index in [0.29, 0.717) is 17.3 Å². The summed E-state index contributed by atoms with van der Waals surface area (Å²) in [6.45, 7) is 3.46. The number of hydrogen-bond acceptors (Lipinski definition) is 6. The molecule has 2 aromatic carbocycles. The number of aryl methyl sites for hydroxylation is 1. The summed E-state index contributed by atoms with van der Waals surface area (Å²) >= 11 is 0. The molecule has 0 unspecified atom stereocenters. The van der Waals surface area contributed by atoms with Crippen molar-refractivity contribution in [2.45, 2.75) is 13.8 Å². The molecule has 26 heavy (non-hydrogen) atoms. The molecule has 1 aromatic heterocycles. The molecule has 2 N–H and O–H groups in total. The highest BCUT2D eigenvalue weighted by molar-refractivity contribution is 5.94. The summed E-state index contributed by atoms with van der Waals surface area (Å²) < 4.78 is 5.16. The second kappa shape index (κ2) is 7.65. The number of aromatic nitrogens is 2. The molecule has 0 bridgehead atoms. The Morgan fingerprint density at radius 3 is 2.15 bits per heavy atom. The average Bonchev–Trinajstić information content (AvgIpc) is 2.62. The summed E-state index contributed by atoms with van der Waals surface area (Å²) in [7, 11) is 1.63. The summed E-state index contributed by atoms with van der Waals surface area (Å²) in [6.07, 6.45) is 0. The van der Waals surface area contributed by atoms with Crippen LogP contribution in [0.5, 0.6) is 5.75 Å². The number of anilines is 4. The Kier molecular flexibility index (Phi) is 5.12. The van der Waals surface area contributed by atoms with Gasteiger partial charge in [-0.15, -0.1) is 0 Å². The van der Waals surface area contributed by atoms with E-state index in [1.807, 2.05) is 49.4 Å². The van der Waals surface area contributed by atoms with Crippen molar-refractivity contribution >= 4 is 28.9 Å². The van der Waals surface area contributed by atoms with Crippen LogP contribution in [0.4, 0.5) is 23.1 Å². The first kappa shape index (κ1) is 17.4. The molecular weight excluding hydrogens is 328 g/mol. The number of carbonyl (C=O) groups excluding carboxylic acids is 1. The van der Waals surface area contributed by atoms with E-state index in [9.17, 15) is 4.79 Å². The van der Waals surface area contributed by atoms with E-state index in [0.717, 1.165) is 22.8 Å². The van der Waals surface area contributed by atoms with Crippen LogP contribution < -0.4 is 15.4 Å². The number of nitrogens with zero attached hydrogens (tertiary/aromatic N) is 2. The van der Waals surface area contributed by atoms with E-state index >= 15 is 0 Å². The summed E-state index contributed by atoms with van der Waals surface area (Å²) in [5, 5.41) is 6.42. The Morgan fingerprint density at radius 2 is 1.54 bits per heavy atom. The first-order valence-corrected chi connectivity index (χ1v) is 8.18. The Labute approximate surface area is 152 Å². The maximum atomic E-state index is 11.4. The monoisotopic (exact) mass is 348 g/mol. The van der Waals surface area contributed by atoms with Crippen molar-refractivity contribution in [3.63, 3.8) is 0 Å². The maximum Gasteiger partial charge on any atom is 0.229 e. The lowest BCUT2D eigenvalue weighted by Crippen LogP contribution is -2.02. The van der Waals surface area contributed by atoms with E-state index < -0.39 is 0 Å². The summed E-state index contributed by atoms with van der Waals surface area (Å²) in [5.74, 6) is 2.00.